The number of nitrogen functional groups attached to an aromatic ring is 1. The number of carbonyl (C=O) groups excluding carboxylic acids is 1. The molecule has 5 rings (SSSR count). The zero-order chi connectivity index (χ0) is 24.9. The average Bonchev–Trinajstić information content (AvgIpc) is 3.15. The summed E-state index contributed by atoms with van der Waals surface area (Å²) >= 11 is 0. The van der Waals surface area contributed by atoms with Gasteiger partial charge in [-0.05, 0) is 54.8 Å². The number of rotatable bonds is 5. The first-order valence-electron chi connectivity index (χ1n) is 11.4. The molecule has 0 bridgehead atoms. The fourth-order valence-corrected chi connectivity index (χ4v) is 3.86. The van der Waals surface area contributed by atoms with Gasteiger partial charge in [0, 0.05) is 37.3 Å². The SMILES string of the molecule is CC(=O)O.CC(=O)OCc1ccc(-n2c(-c3cccnc3N)nc3ccc(C4CCC4)nc32)cc1. The Balaban J connectivity index is 0.000000672. The quantitative estimate of drug-likeness (QED) is 0.405. The second-order valence-electron chi connectivity index (χ2n) is 8.38. The van der Waals surface area contributed by atoms with Crippen LogP contribution in [0.3, 0.4) is 0 Å². The van der Waals surface area contributed by atoms with Gasteiger partial charge >= 0.3 is 5.97 Å². The summed E-state index contributed by atoms with van der Waals surface area (Å²) in [6.07, 6.45) is 5.29. The number of pyridine rings is 2. The van der Waals surface area contributed by atoms with E-state index in [0.717, 1.165) is 40.6 Å². The fourth-order valence-electron chi connectivity index (χ4n) is 3.86. The molecular weight excluding hydrogens is 446 g/mol. The van der Waals surface area contributed by atoms with Gasteiger partial charge < -0.3 is 15.6 Å². The number of aromatic nitrogens is 4. The van der Waals surface area contributed by atoms with Crippen LogP contribution < -0.4 is 5.73 Å². The van der Waals surface area contributed by atoms with E-state index >= 15 is 0 Å². The Bertz CT molecular complexity index is 1360. The average molecular weight is 474 g/mol. The molecule has 0 aliphatic heterocycles. The van der Waals surface area contributed by atoms with E-state index in [1.54, 1.807) is 6.20 Å². The maximum Gasteiger partial charge on any atom is 0.302 e. The molecule has 0 saturated heterocycles. The molecular formula is C26H27N5O4. The molecule has 0 amide bonds. The number of carbonyl (C=O) groups is 2. The molecule has 0 spiro atoms. The van der Waals surface area contributed by atoms with E-state index in [1.807, 2.05) is 47.0 Å². The zero-order valence-electron chi connectivity index (χ0n) is 19.6. The number of hydrogen-bond donors (Lipinski definition) is 2. The van der Waals surface area contributed by atoms with Gasteiger partial charge in [0.1, 0.15) is 17.9 Å². The normalized spacial score (nSPS) is 13.0. The lowest BCUT2D eigenvalue weighted by Crippen LogP contribution is -2.11. The third-order valence-electron chi connectivity index (χ3n) is 5.77. The number of fused-ring (bicyclic) bond motifs is 1. The molecule has 0 atom stereocenters. The second-order valence-corrected chi connectivity index (χ2v) is 8.38. The summed E-state index contributed by atoms with van der Waals surface area (Å²) in [5.74, 6) is 0.508. The van der Waals surface area contributed by atoms with Crippen LogP contribution in [0.2, 0.25) is 0 Å². The number of nitrogens with two attached hydrogens (primary N) is 1. The maximum atomic E-state index is 11.1. The zero-order valence-corrected chi connectivity index (χ0v) is 19.6. The van der Waals surface area contributed by atoms with E-state index in [-0.39, 0.29) is 12.6 Å². The predicted octanol–water partition coefficient (Wildman–Crippen LogP) is 4.49. The molecule has 9 heteroatoms. The van der Waals surface area contributed by atoms with Crippen molar-refractivity contribution >= 4 is 28.9 Å². The number of imidazole rings is 1. The number of esters is 1. The molecule has 1 aromatic carbocycles. The lowest BCUT2D eigenvalue weighted by atomic mass is 9.83. The Hall–Kier alpha value is -4.27. The van der Waals surface area contributed by atoms with Crippen LogP contribution in [-0.4, -0.2) is 36.6 Å². The van der Waals surface area contributed by atoms with Gasteiger partial charge in [-0.2, -0.15) is 0 Å². The highest BCUT2D eigenvalue weighted by Gasteiger charge is 2.23. The molecule has 4 aromatic rings. The molecule has 180 valence electrons. The molecule has 3 N–H and O–H groups in total. The largest absolute Gasteiger partial charge is 0.481 e. The van der Waals surface area contributed by atoms with E-state index in [4.69, 9.17) is 30.3 Å². The van der Waals surface area contributed by atoms with Crippen molar-refractivity contribution in [1.82, 2.24) is 19.5 Å². The van der Waals surface area contributed by atoms with Crippen LogP contribution in [0.1, 0.15) is 50.3 Å². The van der Waals surface area contributed by atoms with Crippen LogP contribution in [0.15, 0.2) is 54.7 Å². The molecule has 1 fully saturated rings. The Labute approximate surface area is 202 Å². The van der Waals surface area contributed by atoms with Gasteiger partial charge in [0.05, 0.1) is 5.56 Å². The van der Waals surface area contributed by atoms with Crippen molar-refractivity contribution in [3.8, 4) is 17.1 Å². The smallest absolute Gasteiger partial charge is 0.302 e. The number of hydrogen-bond acceptors (Lipinski definition) is 7. The van der Waals surface area contributed by atoms with Crippen molar-refractivity contribution in [2.75, 3.05) is 5.73 Å². The van der Waals surface area contributed by atoms with Gasteiger partial charge in [0.25, 0.3) is 5.97 Å². The molecule has 9 nitrogen and oxygen atoms in total. The van der Waals surface area contributed by atoms with Crippen LogP contribution in [0.5, 0.6) is 0 Å². The van der Waals surface area contributed by atoms with E-state index in [0.29, 0.717) is 17.6 Å². The Kier molecular flexibility index (Phi) is 7.05. The van der Waals surface area contributed by atoms with Crippen molar-refractivity contribution in [3.63, 3.8) is 0 Å². The lowest BCUT2D eigenvalue weighted by molar-refractivity contribution is -0.142. The summed E-state index contributed by atoms with van der Waals surface area (Å²) in [6.45, 7) is 2.73. The number of ether oxygens (including phenoxy) is 1. The minimum absolute atomic E-state index is 0.243. The Morgan fingerprint density at radius 3 is 2.40 bits per heavy atom. The van der Waals surface area contributed by atoms with Crippen molar-refractivity contribution in [3.05, 3.63) is 66.0 Å². The number of aliphatic carboxylic acids is 1. The molecule has 3 aromatic heterocycles. The van der Waals surface area contributed by atoms with Crippen molar-refractivity contribution in [1.29, 1.82) is 0 Å². The molecule has 1 aliphatic rings. The molecule has 0 unspecified atom stereocenters. The molecule has 3 heterocycles. The number of carboxylic acids is 1. The van der Waals surface area contributed by atoms with Crippen molar-refractivity contribution < 1.29 is 19.4 Å². The number of anilines is 1. The monoisotopic (exact) mass is 473 g/mol. The van der Waals surface area contributed by atoms with E-state index in [1.165, 1.54) is 26.2 Å². The molecule has 1 saturated carbocycles. The minimum Gasteiger partial charge on any atom is -0.481 e. The highest BCUT2D eigenvalue weighted by Crippen LogP contribution is 2.37. The number of benzene rings is 1. The summed E-state index contributed by atoms with van der Waals surface area (Å²) in [4.78, 5) is 34.2. The van der Waals surface area contributed by atoms with Gasteiger partial charge in [-0.3, -0.25) is 14.2 Å². The first-order valence-corrected chi connectivity index (χ1v) is 11.4. The maximum absolute atomic E-state index is 11.1. The molecule has 35 heavy (non-hydrogen) atoms. The van der Waals surface area contributed by atoms with Crippen LogP contribution in [0.25, 0.3) is 28.2 Å². The lowest BCUT2D eigenvalue weighted by Gasteiger charge is -2.24. The van der Waals surface area contributed by atoms with Crippen LogP contribution in [0.4, 0.5) is 5.82 Å². The first kappa shape index (κ1) is 23.9. The Morgan fingerprint density at radius 2 is 1.80 bits per heavy atom. The summed E-state index contributed by atoms with van der Waals surface area (Å²) in [5.41, 5.74) is 11.5. The molecule has 0 radical (unpaired) electrons. The van der Waals surface area contributed by atoms with Gasteiger partial charge in [0.2, 0.25) is 0 Å². The second kappa shape index (κ2) is 10.3. The van der Waals surface area contributed by atoms with Gasteiger partial charge in [0.15, 0.2) is 11.5 Å². The summed E-state index contributed by atoms with van der Waals surface area (Å²) < 4.78 is 7.13. The third-order valence-corrected chi connectivity index (χ3v) is 5.77. The summed E-state index contributed by atoms with van der Waals surface area (Å²) in [5, 5.41) is 7.42. The van der Waals surface area contributed by atoms with E-state index in [2.05, 4.69) is 11.1 Å². The standard InChI is InChI=1S/C24H23N5O2.C2H4O2/c1-15(30)31-14-16-7-9-18(10-8-16)29-23(19-6-3-13-26-22(19)25)28-21-12-11-20(27-24(21)29)17-4-2-5-17;1-2(3)4/h3,6-13,17H,2,4-5,14H2,1H3,(H2,25,26);1H3,(H,3,4). The topological polar surface area (TPSA) is 133 Å². The number of nitrogens with zero attached hydrogens (tertiary/aromatic N) is 4. The minimum atomic E-state index is -0.833. The number of carboxylic acid groups (broad SMARTS) is 1. The Morgan fingerprint density at radius 1 is 1.09 bits per heavy atom. The van der Waals surface area contributed by atoms with Crippen LogP contribution in [0, 0.1) is 0 Å². The highest BCUT2D eigenvalue weighted by molar-refractivity contribution is 5.83. The fraction of sp³-hybridized carbons (Fsp3) is 0.269. The van der Waals surface area contributed by atoms with Crippen LogP contribution in [-0.2, 0) is 20.9 Å². The van der Waals surface area contributed by atoms with Crippen LogP contribution >= 0.6 is 0 Å². The van der Waals surface area contributed by atoms with Gasteiger partial charge in [-0.25, -0.2) is 15.0 Å². The van der Waals surface area contributed by atoms with Gasteiger partial charge in [-0.15, -0.1) is 0 Å². The van der Waals surface area contributed by atoms with Gasteiger partial charge in [-0.1, -0.05) is 18.6 Å². The predicted molar refractivity (Wildman–Crippen MR) is 132 cm³/mol. The van der Waals surface area contributed by atoms with E-state index in [9.17, 15) is 4.79 Å². The van der Waals surface area contributed by atoms with Crippen molar-refractivity contribution in [2.45, 2.75) is 45.6 Å². The molecule has 1 aliphatic carbocycles. The van der Waals surface area contributed by atoms with E-state index < -0.39 is 5.97 Å². The summed E-state index contributed by atoms with van der Waals surface area (Å²) in [6, 6.07) is 15.7. The highest BCUT2D eigenvalue weighted by atomic mass is 16.5. The first-order chi connectivity index (χ1) is 16.8. The van der Waals surface area contributed by atoms with Crippen molar-refractivity contribution in [2.24, 2.45) is 0 Å². The summed E-state index contributed by atoms with van der Waals surface area (Å²) in [7, 11) is 0. The third kappa shape index (κ3) is 5.46.